The number of nitrogens with one attached hydrogen (secondary N) is 2. The van der Waals surface area contributed by atoms with Crippen LogP contribution in [0.15, 0.2) is 48.5 Å². The quantitative estimate of drug-likeness (QED) is 0.851. The summed E-state index contributed by atoms with van der Waals surface area (Å²) in [5.41, 5.74) is 4.76. The molecule has 0 spiro atoms. The first-order valence-corrected chi connectivity index (χ1v) is 8.89. The van der Waals surface area contributed by atoms with E-state index in [0.29, 0.717) is 13.2 Å². The molecule has 4 nitrogen and oxygen atoms in total. The van der Waals surface area contributed by atoms with Gasteiger partial charge in [-0.1, -0.05) is 48.5 Å². The molecule has 0 saturated carbocycles. The Hall–Kier alpha value is -2.17. The predicted octanol–water partition coefficient (Wildman–Crippen LogP) is 2.94. The molecule has 1 atom stereocenters. The van der Waals surface area contributed by atoms with E-state index in [0.717, 1.165) is 24.1 Å². The average molecular weight is 338 g/mol. The number of carbonyl (C=O) groups is 1. The van der Waals surface area contributed by atoms with Crippen molar-refractivity contribution in [3.63, 3.8) is 0 Å². The fourth-order valence-corrected chi connectivity index (χ4v) is 3.04. The van der Waals surface area contributed by atoms with Gasteiger partial charge in [0.15, 0.2) is 0 Å². The van der Waals surface area contributed by atoms with Crippen molar-refractivity contribution in [2.24, 2.45) is 0 Å². The Kier molecular flexibility index (Phi) is 5.84. The minimum Gasteiger partial charge on any atom is -0.374 e. The molecule has 0 aliphatic carbocycles. The zero-order valence-corrected chi connectivity index (χ0v) is 14.9. The van der Waals surface area contributed by atoms with Gasteiger partial charge >= 0.3 is 0 Å². The Bertz CT molecular complexity index is 727. The Morgan fingerprint density at radius 2 is 1.92 bits per heavy atom. The van der Waals surface area contributed by atoms with Crippen LogP contribution in [0.1, 0.15) is 36.1 Å². The highest BCUT2D eigenvalue weighted by atomic mass is 16.5. The smallest absolute Gasteiger partial charge is 0.237 e. The van der Waals surface area contributed by atoms with E-state index in [1.807, 2.05) is 44.2 Å². The molecule has 0 radical (unpaired) electrons. The molecule has 0 bridgehead atoms. The van der Waals surface area contributed by atoms with Crippen molar-refractivity contribution in [3.8, 4) is 0 Å². The van der Waals surface area contributed by atoms with E-state index in [4.69, 9.17) is 4.74 Å². The minimum atomic E-state index is -0.164. The van der Waals surface area contributed by atoms with E-state index in [1.54, 1.807) is 0 Å². The second kappa shape index (κ2) is 8.28. The number of ether oxygens (including phenoxy) is 1. The largest absolute Gasteiger partial charge is 0.374 e. The first-order chi connectivity index (χ1) is 12.1. The Labute approximate surface area is 149 Å². The van der Waals surface area contributed by atoms with Gasteiger partial charge in [-0.15, -0.1) is 0 Å². The predicted molar refractivity (Wildman–Crippen MR) is 99.0 cm³/mol. The molecular formula is C21H26N2O2. The van der Waals surface area contributed by atoms with Crippen molar-refractivity contribution in [1.29, 1.82) is 0 Å². The number of hydrogen-bond acceptors (Lipinski definition) is 3. The van der Waals surface area contributed by atoms with Gasteiger partial charge < -0.3 is 15.4 Å². The third-order valence-corrected chi connectivity index (χ3v) is 4.44. The molecule has 0 saturated heterocycles. The van der Waals surface area contributed by atoms with Crippen LogP contribution in [0.3, 0.4) is 0 Å². The normalized spacial score (nSPS) is 16.5. The minimum absolute atomic E-state index is 0.0540. The SMILES string of the molecule is CC(C)OCc1cccc(CNC(=O)[C@H]2Cc3ccccc3CN2)c1. The molecule has 1 aliphatic heterocycles. The number of benzene rings is 2. The summed E-state index contributed by atoms with van der Waals surface area (Å²) in [6.45, 7) is 5.93. The summed E-state index contributed by atoms with van der Waals surface area (Å²) in [7, 11) is 0. The van der Waals surface area contributed by atoms with Crippen LogP contribution < -0.4 is 10.6 Å². The first-order valence-electron chi connectivity index (χ1n) is 8.89. The van der Waals surface area contributed by atoms with Crippen LogP contribution in [0.5, 0.6) is 0 Å². The molecule has 2 aromatic carbocycles. The van der Waals surface area contributed by atoms with Gasteiger partial charge in [-0.2, -0.15) is 0 Å². The van der Waals surface area contributed by atoms with Gasteiger partial charge in [0.25, 0.3) is 0 Å². The monoisotopic (exact) mass is 338 g/mol. The van der Waals surface area contributed by atoms with Crippen LogP contribution in [0.25, 0.3) is 0 Å². The van der Waals surface area contributed by atoms with Gasteiger partial charge in [0.2, 0.25) is 5.91 Å². The molecule has 2 aromatic rings. The maximum atomic E-state index is 12.5. The highest BCUT2D eigenvalue weighted by Crippen LogP contribution is 2.16. The molecule has 1 amide bonds. The maximum absolute atomic E-state index is 12.5. The summed E-state index contributed by atoms with van der Waals surface area (Å²) < 4.78 is 5.64. The van der Waals surface area contributed by atoms with E-state index in [-0.39, 0.29) is 18.1 Å². The lowest BCUT2D eigenvalue weighted by atomic mass is 9.95. The van der Waals surface area contributed by atoms with Crippen molar-refractivity contribution in [1.82, 2.24) is 10.6 Å². The van der Waals surface area contributed by atoms with Crippen molar-refractivity contribution in [2.45, 2.75) is 52.1 Å². The van der Waals surface area contributed by atoms with Gasteiger partial charge in [-0.3, -0.25) is 4.79 Å². The lowest BCUT2D eigenvalue weighted by molar-refractivity contribution is -0.123. The number of hydrogen-bond donors (Lipinski definition) is 2. The maximum Gasteiger partial charge on any atom is 0.237 e. The molecular weight excluding hydrogens is 312 g/mol. The van der Waals surface area contributed by atoms with Crippen LogP contribution in [-0.2, 0) is 35.6 Å². The summed E-state index contributed by atoms with van der Waals surface area (Å²) in [6.07, 6.45) is 0.952. The van der Waals surface area contributed by atoms with E-state index < -0.39 is 0 Å². The Balaban J connectivity index is 1.53. The van der Waals surface area contributed by atoms with Crippen molar-refractivity contribution in [3.05, 3.63) is 70.8 Å². The molecule has 4 heteroatoms. The van der Waals surface area contributed by atoms with Crippen molar-refractivity contribution >= 4 is 5.91 Å². The molecule has 3 rings (SSSR count). The van der Waals surface area contributed by atoms with Gasteiger partial charge in [-0.05, 0) is 42.5 Å². The fraction of sp³-hybridized carbons (Fsp3) is 0.381. The first kappa shape index (κ1) is 17.6. The number of amides is 1. The highest BCUT2D eigenvalue weighted by Gasteiger charge is 2.23. The number of rotatable bonds is 6. The van der Waals surface area contributed by atoms with E-state index in [9.17, 15) is 4.79 Å². The molecule has 2 N–H and O–H groups in total. The molecule has 0 aromatic heterocycles. The second-order valence-electron chi connectivity index (χ2n) is 6.80. The summed E-state index contributed by atoms with van der Waals surface area (Å²) in [5, 5.41) is 6.37. The zero-order chi connectivity index (χ0) is 17.6. The highest BCUT2D eigenvalue weighted by molar-refractivity contribution is 5.82. The van der Waals surface area contributed by atoms with Gasteiger partial charge in [0.1, 0.15) is 0 Å². The molecule has 132 valence electrons. The van der Waals surface area contributed by atoms with Crippen LogP contribution in [0.2, 0.25) is 0 Å². The summed E-state index contributed by atoms with van der Waals surface area (Å²) in [4.78, 5) is 12.5. The van der Waals surface area contributed by atoms with Crippen LogP contribution in [-0.4, -0.2) is 18.1 Å². The lowest BCUT2D eigenvalue weighted by Crippen LogP contribution is -2.47. The molecule has 1 heterocycles. The third-order valence-electron chi connectivity index (χ3n) is 4.44. The molecule has 0 fully saturated rings. The Morgan fingerprint density at radius 3 is 2.72 bits per heavy atom. The summed E-state index contributed by atoms with van der Waals surface area (Å²) in [5.74, 6) is 0.0540. The van der Waals surface area contributed by atoms with Crippen molar-refractivity contribution in [2.75, 3.05) is 0 Å². The molecule has 1 aliphatic rings. The lowest BCUT2D eigenvalue weighted by Gasteiger charge is -2.25. The zero-order valence-electron chi connectivity index (χ0n) is 14.9. The topological polar surface area (TPSA) is 50.4 Å². The van der Waals surface area contributed by atoms with E-state index >= 15 is 0 Å². The second-order valence-corrected chi connectivity index (χ2v) is 6.80. The van der Waals surface area contributed by atoms with Gasteiger partial charge in [-0.25, -0.2) is 0 Å². The van der Waals surface area contributed by atoms with Crippen LogP contribution in [0, 0.1) is 0 Å². The molecule has 25 heavy (non-hydrogen) atoms. The average Bonchev–Trinajstić information content (AvgIpc) is 2.64. The standard InChI is InChI=1S/C21H26N2O2/c1-15(2)25-14-17-7-5-6-16(10-17)12-23-21(24)20-11-18-8-3-4-9-19(18)13-22-20/h3-10,15,20,22H,11-14H2,1-2H3,(H,23,24)/t20-/m1/s1. The summed E-state index contributed by atoms with van der Waals surface area (Å²) >= 11 is 0. The fourth-order valence-electron chi connectivity index (χ4n) is 3.04. The number of carbonyl (C=O) groups excluding carboxylic acids is 1. The molecule has 0 unspecified atom stereocenters. The third kappa shape index (κ3) is 4.91. The Morgan fingerprint density at radius 1 is 1.16 bits per heavy atom. The van der Waals surface area contributed by atoms with E-state index in [1.165, 1.54) is 11.1 Å². The van der Waals surface area contributed by atoms with Crippen LogP contribution >= 0.6 is 0 Å². The van der Waals surface area contributed by atoms with E-state index in [2.05, 4.69) is 28.8 Å². The van der Waals surface area contributed by atoms with Gasteiger partial charge in [0, 0.05) is 13.1 Å². The van der Waals surface area contributed by atoms with Gasteiger partial charge in [0.05, 0.1) is 18.8 Å². The number of fused-ring (bicyclic) bond motifs is 1. The van der Waals surface area contributed by atoms with Crippen LogP contribution in [0.4, 0.5) is 0 Å². The van der Waals surface area contributed by atoms with Crippen molar-refractivity contribution < 1.29 is 9.53 Å². The summed E-state index contributed by atoms with van der Waals surface area (Å²) in [6, 6.07) is 16.3.